The average molecular weight is 458 g/mol. The smallest absolute Gasteiger partial charge is 0.293 e. The molecule has 10 heteroatoms. The Morgan fingerprint density at radius 1 is 1.20 bits per heavy atom. The molecule has 8 nitrogen and oxygen atoms in total. The number of nitro groups is 1. The van der Waals surface area contributed by atoms with Crippen LogP contribution >= 0.6 is 24.8 Å². The monoisotopic (exact) mass is 457 g/mol. The van der Waals surface area contributed by atoms with Crippen molar-refractivity contribution in [2.24, 2.45) is 11.7 Å². The standard InChI is InChI=1S/C20H27N5O3.2ClH/c1-13(2)10-16(12-21)24-20(26)15-7-8-18(19(11-15)25(27)28)23-14(3)17-6-4-5-9-22-17;;/h4-9,11,13-14,16,23H,10,12,21H2,1-3H3,(H,24,26);2*1H. The lowest BCUT2D eigenvalue weighted by atomic mass is 10.0. The van der Waals surface area contributed by atoms with E-state index in [1.54, 1.807) is 24.4 Å². The van der Waals surface area contributed by atoms with Gasteiger partial charge in [0, 0.05) is 30.4 Å². The van der Waals surface area contributed by atoms with Crippen molar-refractivity contribution in [2.75, 3.05) is 11.9 Å². The number of nitrogens with one attached hydrogen (secondary N) is 2. The molecule has 2 aromatic rings. The summed E-state index contributed by atoms with van der Waals surface area (Å²) in [5.74, 6) is 0.00590. The highest BCUT2D eigenvalue weighted by atomic mass is 35.5. The molecule has 0 radical (unpaired) electrons. The first-order valence-corrected chi connectivity index (χ1v) is 9.28. The van der Waals surface area contributed by atoms with Gasteiger partial charge in [-0.05, 0) is 43.5 Å². The molecule has 0 aliphatic rings. The highest BCUT2D eigenvalue weighted by molar-refractivity contribution is 5.96. The number of carbonyl (C=O) groups excluding carboxylic acids is 1. The number of nitro benzene ring substituents is 1. The molecule has 0 aliphatic carbocycles. The Kier molecular flexibility index (Phi) is 11.9. The Bertz CT molecular complexity index is 821. The average Bonchev–Trinajstić information content (AvgIpc) is 2.67. The number of nitrogens with zero attached hydrogens (tertiary/aromatic N) is 2. The quantitative estimate of drug-likeness (QED) is 0.384. The fraction of sp³-hybridized carbons (Fsp3) is 0.400. The second-order valence-corrected chi connectivity index (χ2v) is 7.15. The van der Waals surface area contributed by atoms with E-state index in [4.69, 9.17) is 5.73 Å². The Labute approximate surface area is 189 Å². The fourth-order valence-electron chi connectivity index (χ4n) is 2.94. The maximum Gasteiger partial charge on any atom is 0.293 e. The van der Waals surface area contributed by atoms with Crippen molar-refractivity contribution in [3.05, 3.63) is 64.0 Å². The van der Waals surface area contributed by atoms with Crippen molar-refractivity contribution in [3.63, 3.8) is 0 Å². The topological polar surface area (TPSA) is 123 Å². The number of hydrogen-bond acceptors (Lipinski definition) is 6. The van der Waals surface area contributed by atoms with Gasteiger partial charge in [0.05, 0.1) is 16.7 Å². The van der Waals surface area contributed by atoms with Crippen molar-refractivity contribution >= 4 is 42.1 Å². The van der Waals surface area contributed by atoms with Crippen molar-refractivity contribution in [1.29, 1.82) is 0 Å². The van der Waals surface area contributed by atoms with E-state index < -0.39 is 4.92 Å². The van der Waals surface area contributed by atoms with Crippen LogP contribution in [-0.4, -0.2) is 28.4 Å². The Balaban J connectivity index is 0.00000420. The number of pyridine rings is 1. The van der Waals surface area contributed by atoms with Crippen LogP contribution in [0.4, 0.5) is 11.4 Å². The maximum atomic E-state index is 12.5. The third kappa shape index (κ3) is 7.78. The highest BCUT2D eigenvalue weighted by Gasteiger charge is 2.21. The minimum absolute atomic E-state index is 0. The summed E-state index contributed by atoms with van der Waals surface area (Å²) >= 11 is 0. The summed E-state index contributed by atoms with van der Waals surface area (Å²) in [5.41, 5.74) is 6.88. The minimum atomic E-state index is -0.501. The van der Waals surface area contributed by atoms with Gasteiger partial charge in [0.15, 0.2) is 0 Å². The van der Waals surface area contributed by atoms with Crippen LogP contribution in [0.1, 0.15) is 49.3 Å². The maximum absolute atomic E-state index is 12.5. The second kappa shape index (κ2) is 13.0. The van der Waals surface area contributed by atoms with Gasteiger partial charge in [0.2, 0.25) is 0 Å². The highest BCUT2D eigenvalue weighted by Crippen LogP contribution is 2.29. The number of benzene rings is 1. The van der Waals surface area contributed by atoms with E-state index >= 15 is 0 Å². The van der Waals surface area contributed by atoms with Gasteiger partial charge in [-0.3, -0.25) is 19.9 Å². The van der Waals surface area contributed by atoms with Crippen molar-refractivity contribution in [1.82, 2.24) is 10.3 Å². The van der Waals surface area contributed by atoms with Gasteiger partial charge in [-0.1, -0.05) is 19.9 Å². The molecular formula is C20H29Cl2N5O3. The minimum Gasteiger partial charge on any atom is -0.371 e. The first kappa shape index (κ1) is 27.6. The molecular weight excluding hydrogens is 429 g/mol. The first-order chi connectivity index (χ1) is 13.3. The third-order valence-electron chi connectivity index (χ3n) is 4.34. The van der Waals surface area contributed by atoms with E-state index in [1.165, 1.54) is 6.07 Å². The van der Waals surface area contributed by atoms with Gasteiger partial charge in [-0.2, -0.15) is 0 Å². The lowest BCUT2D eigenvalue weighted by molar-refractivity contribution is -0.384. The number of aromatic nitrogens is 1. The molecule has 1 aromatic carbocycles. The van der Waals surface area contributed by atoms with E-state index in [-0.39, 0.29) is 54.1 Å². The zero-order valence-electron chi connectivity index (χ0n) is 17.2. The number of halogens is 2. The van der Waals surface area contributed by atoms with E-state index in [0.29, 0.717) is 18.2 Å². The van der Waals surface area contributed by atoms with Gasteiger partial charge in [0.25, 0.3) is 11.6 Å². The van der Waals surface area contributed by atoms with Crippen LogP contribution in [0.2, 0.25) is 0 Å². The number of amides is 1. The van der Waals surface area contributed by atoms with Crippen LogP contribution in [-0.2, 0) is 0 Å². The lowest BCUT2D eigenvalue weighted by Crippen LogP contribution is -2.41. The Morgan fingerprint density at radius 3 is 2.43 bits per heavy atom. The summed E-state index contributed by atoms with van der Waals surface area (Å²) in [4.78, 5) is 27.8. The molecule has 0 bridgehead atoms. The molecule has 4 N–H and O–H groups in total. The molecule has 2 unspecified atom stereocenters. The molecule has 0 saturated heterocycles. The van der Waals surface area contributed by atoms with Crippen LogP contribution in [0.3, 0.4) is 0 Å². The number of carbonyl (C=O) groups is 1. The summed E-state index contributed by atoms with van der Waals surface area (Å²) in [6.45, 7) is 6.27. The summed E-state index contributed by atoms with van der Waals surface area (Å²) in [6.07, 6.45) is 2.41. The van der Waals surface area contributed by atoms with Gasteiger partial charge in [0.1, 0.15) is 5.69 Å². The zero-order chi connectivity index (χ0) is 20.7. The largest absolute Gasteiger partial charge is 0.371 e. The molecule has 0 aliphatic heterocycles. The molecule has 166 valence electrons. The summed E-state index contributed by atoms with van der Waals surface area (Å²) in [7, 11) is 0. The SMILES string of the molecule is CC(C)CC(CN)NC(=O)c1ccc(NC(C)c2ccccn2)c([N+](=O)[O-])c1.Cl.Cl. The zero-order valence-corrected chi connectivity index (χ0v) is 18.8. The summed E-state index contributed by atoms with van der Waals surface area (Å²) < 4.78 is 0. The molecule has 1 amide bonds. The molecule has 0 fully saturated rings. The first-order valence-electron chi connectivity index (χ1n) is 9.28. The van der Waals surface area contributed by atoms with Crippen LogP contribution < -0.4 is 16.4 Å². The number of nitrogens with two attached hydrogens (primary N) is 1. The molecule has 2 rings (SSSR count). The van der Waals surface area contributed by atoms with Crippen molar-refractivity contribution in [3.8, 4) is 0 Å². The van der Waals surface area contributed by atoms with Gasteiger partial charge in [-0.25, -0.2) is 0 Å². The molecule has 0 spiro atoms. The van der Waals surface area contributed by atoms with Gasteiger partial charge >= 0.3 is 0 Å². The predicted octanol–water partition coefficient (Wildman–Crippen LogP) is 4.11. The number of anilines is 1. The lowest BCUT2D eigenvalue weighted by Gasteiger charge is -2.19. The van der Waals surface area contributed by atoms with Crippen LogP contribution in [0, 0.1) is 16.0 Å². The van der Waals surface area contributed by atoms with Gasteiger partial charge in [-0.15, -0.1) is 24.8 Å². The number of hydrogen-bond donors (Lipinski definition) is 3. The van der Waals surface area contributed by atoms with Crippen LogP contribution in [0.5, 0.6) is 0 Å². The molecule has 1 heterocycles. The molecule has 1 aromatic heterocycles. The molecule has 30 heavy (non-hydrogen) atoms. The van der Waals surface area contributed by atoms with E-state index in [9.17, 15) is 14.9 Å². The summed E-state index contributed by atoms with van der Waals surface area (Å²) in [6, 6.07) is 9.50. The molecule has 0 saturated carbocycles. The van der Waals surface area contributed by atoms with Crippen LogP contribution in [0.25, 0.3) is 0 Å². The Hall–Kier alpha value is -2.42. The molecule has 2 atom stereocenters. The number of rotatable bonds is 9. The third-order valence-corrected chi connectivity index (χ3v) is 4.34. The normalized spacial score (nSPS) is 12.2. The predicted molar refractivity (Wildman–Crippen MR) is 124 cm³/mol. The van der Waals surface area contributed by atoms with Gasteiger partial charge < -0.3 is 16.4 Å². The van der Waals surface area contributed by atoms with Crippen molar-refractivity contribution in [2.45, 2.75) is 39.3 Å². The Morgan fingerprint density at radius 2 is 1.90 bits per heavy atom. The van der Waals surface area contributed by atoms with E-state index in [2.05, 4.69) is 15.6 Å². The van der Waals surface area contributed by atoms with Crippen molar-refractivity contribution < 1.29 is 9.72 Å². The second-order valence-electron chi connectivity index (χ2n) is 7.15. The summed E-state index contributed by atoms with van der Waals surface area (Å²) in [5, 5.41) is 17.5. The fourth-order valence-corrected chi connectivity index (χ4v) is 2.94. The van der Waals surface area contributed by atoms with Crippen LogP contribution in [0.15, 0.2) is 42.6 Å². The van der Waals surface area contributed by atoms with E-state index in [0.717, 1.165) is 12.1 Å². The van der Waals surface area contributed by atoms with E-state index in [1.807, 2.05) is 32.9 Å².